The molecule has 2 rings (SSSR count). The van der Waals surface area contributed by atoms with Gasteiger partial charge in [-0.25, -0.2) is 0 Å². The molecule has 2 heterocycles. The summed E-state index contributed by atoms with van der Waals surface area (Å²) in [5, 5.41) is 18.7. The van der Waals surface area contributed by atoms with Gasteiger partial charge in [-0.15, -0.1) is 6.58 Å². The Bertz CT molecular complexity index is 717. The van der Waals surface area contributed by atoms with Gasteiger partial charge in [-0.05, 0) is 32.3 Å². The largest absolute Gasteiger partial charge is 0.396 e. The van der Waals surface area contributed by atoms with Gasteiger partial charge in [0, 0.05) is 24.2 Å². The van der Waals surface area contributed by atoms with Crippen molar-refractivity contribution in [3.8, 4) is 6.07 Å². The van der Waals surface area contributed by atoms with Crippen molar-refractivity contribution in [2.75, 3.05) is 19.7 Å². The van der Waals surface area contributed by atoms with Crippen molar-refractivity contribution in [2.45, 2.75) is 26.2 Å². The molecule has 1 aliphatic heterocycles. The van der Waals surface area contributed by atoms with Gasteiger partial charge in [-0.3, -0.25) is 9.59 Å². The SMILES string of the molecule is C=CC[C@]1(CO)CCCN(C(=O)c2cc(C#N)c(=O)[nH]c2C)C1. The van der Waals surface area contributed by atoms with Crippen LogP contribution in [0.15, 0.2) is 23.5 Å². The summed E-state index contributed by atoms with van der Waals surface area (Å²) < 4.78 is 0. The Morgan fingerprint density at radius 2 is 2.39 bits per heavy atom. The lowest BCUT2D eigenvalue weighted by Gasteiger charge is -2.41. The maximum Gasteiger partial charge on any atom is 0.266 e. The molecule has 1 aliphatic rings. The zero-order valence-electron chi connectivity index (χ0n) is 13.3. The molecular weight excluding hydrogens is 294 g/mol. The molecule has 0 aromatic carbocycles. The van der Waals surface area contributed by atoms with Crippen molar-refractivity contribution >= 4 is 5.91 Å². The maximum absolute atomic E-state index is 12.8. The summed E-state index contributed by atoms with van der Waals surface area (Å²) in [5.74, 6) is -0.225. The number of H-pyrrole nitrogens is 1. The maximum atomic E-state index is 12.8. The van der Waals surface area contributed by atoms with E-state index in [0.717, 1.165) is 12.8 Å². The van der Waals surface area contributed by atoms with Gasteiger partial charge in [0.1, 0.15) is 11.6 Å². The van der Waals surface area contributed by atoms with Gasteiger partial charge >= 0.3 is 0 Å². The lowest BCUT2D eigenvalue weighted by Crippen LogP contribution is -2.48. The standard InChI is InChI=1S/C17H21N3O3/c1-3-5-17(11-21)6-4-7-20(10-17)16(23)14-8-13(9-18)15(22)19-12(14)2/h3,8,21H,1,4-7,10-11H2,2H3,(H,19,22)/t17-/m0/s1. The molecular formula is C17H21N3O3. The highest BCUT2D eigenvalue weighted by molar-refractivity contribution is 5.95. The molecule has 122 valence electrons. The first kappa shape index (κ1) is 17.0. The van der Waals surface area contributed by atoms with E-state index in [2.05, 4.69) is 11.6 Å². The van der Waals surface area contributed by atoms with Crippen LogP contribution in [0, 0.1) is 23.7 Å². The number of aliphatic hydroxyl groups is 1. The Balaban J connectivity index is 2.32. The van der Waals surface area contributed by atoms with Gasteiger partial charge in [0.25, 0.3) is 11.5 Å². The fraction of sp³-hybridized carbons (Fsp3) is 0.471. The highest BCUT2D eigenvalue weighted by Gasteiger charge is 2.36. The second-order valence-electron chi connectivity index (χ2n) is 6.14. The molecule has 2 N–H and O–H groups in total. The van der Waals surface area contributed by atoms with Crippen molar-refractivity contribution in [3.63, 3.8) is 0 Å². The number of aromatic nitrogens is 1. The summed E-state index contributed by atoms with van der Waals surface area (Å²) in [6, 6.07) is 3.15. The number of hydrogen-bond acceptors (Lipinski definition) is 4. The third-order valence-electron chi connectivity index (χ3n) is 4.45. The second kappa shape index (κ2) is 6.80. The molecule has 0 saturated carbocycles. The molecule has 23 heavy (non-hydrogen) atoms. The lowest BCUT2D eigenvalue weighted by atomic mass is 9.77. The number of aryl methyl sites for hydroxylation is 1. The zero-order valence-corrected chi connectivity index (χ0v) is 13.3. The van der Waals surface area contributed by atoms with Crippen LogP contribution >= 0.6 is 0 Å². The summed E-state index contributed by atoms with van der Waals surface area (Å²) in [4.78, 5) is 28.6. The highest BCUT2D eigenvalue weighted by Crippen LogP contribution is 2.34. The monoisotopic (exact) mass is 315 g/mol. The average molecular weight is 315 g/mol. The van der Waals surface area contributed by atoms with Crippen LogP contribution in [0.4, 0.5) is 0 Å². The number of carbonyl (C=O) groups is 1. The number of nitrogens with one attached hydrogen (secondary N) is 1. The van der Waals surface area contributed by atoms with E-state index >= 15 is 0 Å². The second-order valence-corrected chi connectivity index (χ2v) is 6.14. The van der Waals surface area contributed by atoms with Crippen LogP contribution in [0.2, 0.25) is 0 Å². The first-order valence-corrected chi connectivity index (χ1v) is 7.61. The van der Waals surface area contributed by atoms with Gasteiger partial charge in [0.2, 0.25) is 0 Å². The first-order valence-electron chi connectivity index (χ1n) is 7.61. The number of nitriles is 1. The lowest BCUT2D eigenvalue weighted by molar-refractivity contribution is 0.0284. The quantitative estimate of drug-likeness (QED) is 0.819. The number of pyridine rings is 1. The van der Waals surface area contributed by atoms with Crippen LogP contribution in [0.5, 0.6) is 0 Å². The van der Waals surface area contributed by atoms with Gasteiger partial charge in [0.15, 0.2) is 0 Å². The number of hydrogen-bond donors (Lipinski definition) is 2. The molecule has 1 saturated heterocycles. The van der Waals surface area contributed by atoms with Crippen LogP contribution in [0.3, 0.4) is 0 Å². The Morgan fingerprint density at radius 1 is 1.65 bits per heavy atom. The number of piperidine rings is 1. The number of amides is 1. The van der Waals surface area contributed by atoms with Crippen molar-refractivity contribution in [2.24, 2.45) is 5.41 Å². The molecule has 6 nitrogen and oxygen atoms in total. The molecule has 0 bridgehead atoms. The molecule has 1 aromatic rings. The van der Waals surface area contributed by atoms with E-state index in [1.807, 2.05) is 0 Å². The number of aromatic amines is 1. The molecule has 0 radical (unpaired) electrons. The molecule has 1 aromatic heterocycles. The van der Waals surface area contributed by atoms with Crippen molar-refractivity contribution in [1.29, 1.82) is 5.26 Å². The minimum atomic E-state index is -0.489. The summed E-state index contributed by atoms with van der Waals surface area (Å²) >= 11 is 0. The zero-order chi connectivity index (χ0) is 17.0. The predicted octanol–water partition coefficient (Wildman–Crippen LogP) is 1.35. The fourth-order valence-electron chi connectivity index (χ4n) is 3.15. The van der Waals surface area contributed by atoms with Crippen molar-refractivity contribution in [1.82, 2.24) is 9.88 Å². The number of likely N-dealkylation sites (tertiary alicyclic amines) is 1. The Labute approximate surface area is 135 Å². The van der Waals surface area contributed by atoms with Crippen molar-refractivity contribution in [3.05, 3.63) is 45.9 Å². The summed E-state index contributed by atoms with van der Waals surface area (Å²) in [7, 11) is 0. The van der Waals surface area contributed by atoms with E-state index < -0.39 is 5.56 Å². The molecule has 0 spiro atoms. The molecule has 1 fully saturated rings. The minimum Gasteiger partial charge on any atom is -0.396 e. The van der Waals surface area contributed by atoms with Crippen LogP contribution in [-0.2, 0) is 0 Å². The third-order valence-corrected chi connectivity index (χ3v) is 4.45. The van der Waals surface area contributed by atoms with Crippen LogP contribution in [0.25, 0.3) is 0 Å². The average Bonchev–Trinajstić information content (AvgIpc) is 2.55. The predicted molar refractivity (Wildman–Crippen MR) is 86.0 cm³/mol. The van der Waals surface area contributed by atoms with Crippen LogP contribution in [0.1, 0.15) is 40.9 Å². The van der Waals surface area contributed by atoms with Crippen LogP contribution in [-0.4, -0.2) is 40.6 Å². The van der Waals surface area contributed by atoms with Gasteiger partial charge in [-0.1, -0.05) is 6.08 Å². The van der Waals surface area contributed by atoms with E-state index in [4.69, 9.17) is 5.26 Å². The van der Waals surface area contributed by atoms with Gasteiger partial charge in [0.05, 0.1) is 12.2 Å². The molecule has 1 amide bonds. The topological polar surface area (TPSA) is 97.2 Å². The van der Waals surface area contributed by atoms with Crippen molar-refractivity contribution < 1.29 is 9.90 Å². The number of rotatable bonds is 4. The van der Waals surface area contributed by atoms with E-state index in [1.54, 1.807) is 24.0 Å². The smallest absolute Gasteiger partial charge is 0.266 e. The minimum absolute atomic E-state index is 0.00312. The molecule has 0 unspecified atom stereocenters. The Hall–Kier alpha value is -2.39. The van der Waals surface area contributed by atoms with E-state index in [9.17, 15) is 14.7 Å². The van der Waals surface area contributed by atoms with E-state index in [1.165, 1.54) is 6.07 Å². The van der Waals surface area contributed by atoms with Gasteiger partial charge in [-0.2, -0.15) is 5.26 Å². The summed E-state index contributed by atoms with van der Waals surface area (Å²) in [6.45, 7) is 6.41. The summed E-state index contributed by atoms with van der Waals surface area (Å²) in [5.41, 5.74) is -0.146. The summed E-state index contributed by atoms with van der Waals surface area (Å²) in [6.07, 6.45) is 4.05. The fourth-order valence-corrected chi connectivity index (χ4v) is 3.15. The highest BCUT2D eigenvalue weighted by atomic mass is 16.3. The first-order chi connectivity index (χ1) is 11.0. The molecule has 6 heteroatoms. The molecule has 0 aliphatic carbocycles. The normalized spacial score (nSPS) is 20.8. The Morgan fingerprint density at radius 3 is 3.00 bits per heavy atom. The molecule has 1 atom stereocenters. The Kier molecular flexibility index (Phi) is 5.02. The third kappa shape index (κ3) is 3.35. The van der Waals surface area contributed by atoms with E-state index in [0.29, 0.717) is 30.8 Å². The van der Waals surface area contributed by atoms with E-state index in [-0.39, 0.29) is 23.5 Å². The number of allylic oxidation sites excluding steroid dienone is 1. The van der Waals surface area contributed by atoms with Gasteiger partial charge < -0.3 is 15.0 Å². The number of carbonyl (C=O) groups excluding carboxylic acids is 1. The van der Waals surface area contributed by atoms with Crippen LogP contribution < -0.4 is 5.56 Å². The number of aliphatic hydroxyl groups excluding tert-OH is 1. The number of nitrogens with zero attached hydrogens (tertiary/aromatic N) is 2.